The monoisotopic (exact) mass is 279 g/mol. The highest BCUT2D eigenvalue weighted by Crippen LogP contribution is 2.59. The number of rotatable bonds is 3. The normalized spacial score (nSPS) is 35.2. The number of hydrogen-bond donors (Lipinski definition) is 1. The van der Waals surface area contributed by atoms with Crippen molar-refractivity contribution in [3.63, 3.8) is 0 Å². The highest BCUT2D eigenvalue weighted by Gasteiger charge is 2.57. The van der Waals surface area contributed by atoms with Crippen LogP contribution in [0.3, 0.4) is 0 Å². The Morgan fingerprint density at radius 1 is 0.800 bits per heavy atom. The van der Waals surface area contributed by atoms with Gasteiger partial charge in [-0.1, -0.05) is 65.2 Å². The summed E-state index contributed by atoms with van der Waals surface area (Å²) in [7, 11) is 2.21. The first-order valence-corrected chi connectivity index (χ1v) is 9.47. The highest BCUT2D eigenvalue weighted by molar-refractivity contribution is 5.10. The van der Waals surface area contributed by atoms with Gasteiger partial charge in [-0.05, 0) is 50.0 Å². The number of hydrogen-bond acceptors (Lipinski definition) is 1. The maximum absolute atomic E-state index is 3.71. The summed E-state index contributed by atoms with van der Waals surface area (Å²) >= 11 is 0. The smallest absolute Gasteiger partial charge is 0.0154 e. The topological polar surface area (TPSA) is 12.0 Å². The van der Waals surface area contributed by atoms with Gasteiger partial charge in [0.15, 0.2) is 0 Å². The highest BCUT2D eigenvalue weighted by atomic mass is 15.0. The summed E-state index contributed by atoms with van der Waals surface area (Å²) in [6.45, 7) is 4.86. The zero-order valence-corrected chi connectivity index (χ0v) is 14.2. The van der Waals surface area contributed by atoms with E-state index < -0.39 is 0 Å². The van der Waals surface area contributed by atoms with E-state index in [1.54, 1.807) is 0 Å². The van der Waals surface area contributed by atoms with Gasteiger partial charge >= 0.3 is 0 Å². The van der Waals surface area contributed by atoms with E-state index in [9.17, 15) is 0 Å². The van der Waals surface area contributed by atoms with E-state index in [-0.39, 0.29) is 0 Å². The molecule has 20 heavy (non-hydrogen) atoms. The Kier molecular flexibility index (Phi) is 6.39. The predicted octanol–water partition coefficient (Wildman–Crippen LogP) is 5.54. The molecule has 3 unspecified atom stereocenters. The lowest BCUT2D eigenvalue weighted by atomic mass is 9.46. The Hall–Kier alpha value is -0.0400. The lowest BCUT2D eigenvalue weighted by Crippen LogP contribution is -2.65. The van der Waals surface area contributed by atoms with Gasteiger partial charge in [0.2, 0.25) is 0 Å². The molecular weight excluding hydrogens is 242 g/mol. The molecule has 0 aromatic heterocycles. The van der Waals surface area contributed by atoms with E-state index in [4.69, 9.17) is 0 Å². The number of fused-ring (bicyclic) bond motifs is 1. The van der Waals surface area contributed by atoms with Crippen molar-refractivity contribution < 1.29 is 0 Å². The summed E-state index contributed by atoms with van der Waals surface area (Å²) in [5.41, 5.74) is 0.615. The van der Waals surface area contributed by atoms with Crippen LogP contribution in [0, 0.1) is 17.3 Å². The van der Waals surface area contributed by atoms with E-state index in [0.29, 0.717) is 5.41 Å². The van der Waals surface area contributed by atoms with Crippen molar-refractivity contribution in [1.29, 1.82) is 0 Å². The summed E-state index contributed by atoms with van der Waals surface area (Å²) in [6.07, 6.45) is 17.6. The summed E-state index contributed by atoms with van der Waals surface area (Å²) < 4.78 is 0. The van der Waals surface area contributed by atoms with Crippen LogP contribution < -0.4 is 5.32 Å². The molecule has 2 saturated carbocycles. The van der Waals surface area contributed by atoms with Gasteiger partial charge in [-0.25, -0.2) is 0 Å². The molecule has 0 aromatic carbocycles. The SMILES string of the molecule is CCC1(CC)C2CCCCCCCCCCC2C1NC. The summed E-state index contributed by atoms with van der Waals surface area (Å²) in [5.74, 6) is 1.98. The van der Waals surface area contributed by atoms with Gasteiger partial charge in [0, 0.05) is 6.04 Å². The minimum Gasteiger partial charge on any atom is -0.316 e. The minimum absolute atomic E-state index is 0.615. The molecule has 1 heteroatoms. The predicted molar refractivity (Wildman–Crippen MR) is 89.0 cm³/mol. The van der Waals surface area contributed by atoms with E-state index in [1.165, 1.54) is 77.0 Å². The quantitative estimate of drug-likeness (QED) is 0.715. The zero-order chi connectivity index (χ0) is 14.4. The molecule has 0 saturated heterocycles. The molecule has 2 rings (SSSR count). The minimum atomic E-state index is 0.615. The zero-order valence-electron chi connectivity index (χ0n) is 14.2. The Morgan fingerprint density at radius 3 is 1.80 bits per heavy atom. The fourth-order valence-corrected chi connectivity index (χ4v) is 5.59. The van der Waals surface area contributed by atoms with E-state index in [0.717, 1.165) is 17.9 Å². The molecule has 0 heterocycles. The first-order chi connectivity index (χ1) is 9.80. The van der Waals surface area contributed by atoms with Crippen LogP contribution in [0.4, 0.5) is 0 Å². The van der Waals surface area contributed by atoms with Gasteiger partial charge in [0.25, 0.3) is 0 Å². The van der Waals surface area contributed by atoms with Gasteiger partial charge in [0.1, 0.15) is 0 Å². The van der Waals surface area contributed by atoms with Crippen molar-refractivity contribution in [2.45, 2.75) is 96.9 Å². The third-order valence-corrected chi connectivity index (χ3v) is 6.73. The van der Waals surface area contributed by atoms with Crippen molar-refractivity contribution in [2.75, 3.05) is 7.05 Å². The molecule has 1 N–H and O–H groups in total. The van der Waals surface area contributed by atoms with Gasteiger partial charge in [-0.3, -0.25) is 0 Å². The molecule has 0 aliphatic heterocycles. The summed E-state index contributed by atoms with van der Waals surface area (Å²) in [5, 5.41) is 3.71. The lowest BCUT2D eigenvalue weighted by molar-refractivity contribution is -0.103. The third-order valence-electron chi connectivity index (χ3n) is 6.73. The first kappa shape index (κ1) is 16.3. The fraction of sp³-hybridized carbons (Fsp3) is 1.00. The second kappa shape index (κ2) is 7.82. The molecule has 0 aromatic rings. The third kappa shape index (κ3) is 3.08. The van der Waals surface area contributed by atoms with Crippen molar-refractivity contribution in [1.82, 2.24) is 5.32 Å². The van der Waals surface area contributed by atoms with Gasteiger partial charge in [-0.15, -0.1) is 0 Å². The summed E-state index contributed by atoms with van der Waals surface area (Å²) in [4.78, 5) is 0. The molecule has 118 valence electrons. The lowest BCUT2D eigenvalue weighted by Gasteiger charge is -2.62. The van der Waals surface area contributed by atoms with E-state index in [2.05, 4.69) is 26.2 Å². The maximum Gasteiger partial charge on any atom is 0.0154 e. The van der Waals surface area contributed by atoms with Gasteiger partial charge in [-0.2, -0.15) is 0 Å². The largest absolute Gasteiger partial charge is 0.316 e. The Morgan fingerprint density at radius 2 is 1.30 bits per heavy atom. The fourth-order valence-electron chi connectivity index (χ4n) is 5.59. The molecule has 3 atom stereocenters. The van der Waals surface area contributed by atoms with Crippen LogP contribution >= 0.6 is 0 Å². The van der Waals surface area contributed by atoms with Crippen molar-refractivity contribution in [3.8, 4) is 0 Å². The summed E-state index contributed by atoms with van der Waals surface area (Å²) in [6, 6.07) is 0.797. The molecule has 2 aliphatic rings. The molecular formula is C19H37N. The van der Waals surface area contributed by atoms with Crippen molar-refractivity contribution >= 4 is 0 Å². The van der Waals surface area contributed by atoms with Gasteiger partial charge in [0.05, 0.1) is 0 Å². The van der Waals surface area contributed by atoms with Crippen LogP contribution in [0.2, 0.25) is 0 Å². The van der Waals surface area contributed by atoms with E-state index >= 15 is 0 Å². The molecule has 1 nitrogen and oxygen atoms in total. The molecule has 0 bridgehead atoms. The average Bonchev–Trinajstić information content (AvgIpc) is 2.45. The second-order valence-electron chi connectivity index (χ2n) is 7.38. The van der Waals surface area contributed by atoms with Crippen molar-refractivity contribution in [3.05, 3.63) is 0 Å². The van der Waals surface area contributed by atoms with Crippen LogP contribution in [0.1, 0.15) is 90.9 Å². The van der Waals surface area contributed by atoms with E-state index in [1.807, 2.05) is 0 Å². The molecule has 0 amide bonds. The first-order valence-electron chi connectivity index (χ1n) is 9.47. The Labute approximate surface area is 127 Å². The van der Waals surface area contributed by atoms with Crippen LogP contribution in [0.5, 0.6) is 0 Å². The second-order valence-corrected chi connectivity index (χ2v) is 7.38. The average molecular weight is 280 g/mol. The maximum atomic E-state index is 3.71. The van der Waals surface area contributed by atoms with Crippen LogP contribution in [0.25, 0.3) is 0 Å². The van der Waals surface area contributed by atoms with Crippen LogP contribution in [0.15, 0.2) is 0 Å². The standard InChI is InChI=1S/C19H37N/c1-4-19(5-2)17-15-13-11-9-7-6-8-10-12-14-16(17)18(19)20-3/h16-18,20H,4-15H2,1-3H3. The van der Waals surface area contributed by atoms with Crippen LogP contribution in [-0.2, 0) is 0 Å². The number of nitrogens with one attached hydrogen (secondary N) is 1. The molecule has 0 radical (unpaired) electrons. The Balaban J connectivity index is 2.03. The van der Waals surface area contributed by atoms with Crippen molar-refractivity contribution in [2.24, 2.45) is 17.3 Å². The molecule has 2 fully saturated rings. The van der Waals surface area contributed by atoms with Gasteiger partial charge < -0.3 is 5.32 Å². The molecule has 2 aliphatic carbocycles. The van der Waals surface area contributed by atoms with Crippen LogP contribution in [-0.4, -0.2) is 13.1 Å². The Bertz CT molecular complexity index is 269. The molecule has 0 spiro atoms.